The van der Waals surface area contributed by atoms with Crippen LogP contribution in [0.25, 0.3) is 0 Å². The van der Waals surface area contributed by atoms with Crippen LogP contribution in [0.15, 0.2) is 0 Å². The Morgan fingerprint density at radius 1 is 1.31 bits per heavy atom. The van der Waals surface area contributed by atoms with E-state index in [1.54, 1.807) is 0 Å². The lowest BCUT2D eigenvalue weighted by Crippen LogP contribution is -2.44. The van der Waals surface area contributed by atoms with E-state index in [4.69, 9.17) is 10.2 Å². The van der Waals surface area contributed by atoms with Crippen LogP contribution < -0.4 is 0 Å². The first-order valence-corrected chi connectivity index (χ1v) is 6.20. The molecule has 0 aromatic carbocycles. The van der Waals surface area contributed by atoms with Crippen molar-refractivity contribution in [2.75, 3.05) is 33.4 Å². The number of nitrogens with zero attached hydrogens (tertiary/aromatic N) is 1. The molecule has 7 nitrogen and oxygen atoms in total. The second kappa shape index (κ2) is 6.79. The molecule has 1 unspecified atom stereocenters. The molecule has 0 fully saturated rings. The van der Waals surface area contributed by atoms with Gasteiger partial charge in [0.05, 0.1) is 20.3 Å². The van der Waals surface area contributed by atoms with Crippen LogP contribution >= 0.6 is 0 Å². The van der Waals surface area contributed by atoms with Gasteiger partial charge in [0.1, 0.15) is 0 Å². The van der Waals surface area contributed by atoms with Crippen molar-refractivity contribution in [1.29, 1.82) is 0 Å². The lowest BCUT2D eigenvalue weighted by molar-refractivity contribution is -0.139. The molecule has 0 aliphatic carbocycles. The summed E-state index contributed by atoms with van der Waals surface area (Å²) in [7, 11) is -2.80. The number of carbonyl (C=O) groups excluding carboxylic acids is 1. The molecule has 0 saturated carbocycles. The fourth-order valence-electron chi connectivity index (χ4n) is 1.10. The maximum absolute atomic E-state index is 11.8. The number of aliphatic hydroxyl groups excluding tert-OH is 2. The number of rotatable bonds is 7. The summed E-state index contributed by atoms with van der Waals surface area (Å²) >= 11 is 0. The summed E-state index contributed by atoms with van der Waals surface area (Å²) in [6, 6.07) is 0. The highest BCUT2D eigenvalue weighted by Gasteiger charge is 2.33. The standard InChI is InChI=1S/C8H17NO6S/c1-7(8(12)15-2)16(13,14)9(3-5-10)4-6-11/h7,10-11H,3-6H2,1-2H3. The third-order valence-electron chi connectivity index (χ3n) is 2.04. The van der Waals surface area contributed by atoms with Gasteiger partial charge in [0.15, 0.2) is 5.25 Å². The van der Waals surface area contributed by atoms with Crippen molar-refractivity contribution in [3.05, 3.63) is 0 Å². The number of hydrogen-bond acceptors (Lipinski definition) is 6. The molecule has 0 aromatic rings. The first-order valence-electron chi connectivity index (χ1n) is 4.70. The summed E-state index contributed by atoms with van der Waals surface area (Å²) in [5, 5.41) is 16.0. The van der Waals surface area contributed by atoms with E-state index in [1.165, 1.54) is 6.92 Å². The van der Waals surface area contributed by atoms with Gasteiger partial charge in [-0.15, -0.1) is 0 Å². The Labute approximate surface area is 94.7 Å². The van der Waals surface area contributed by atoms with Gasteiger partial charge < -0.3 is 14.9 Å². The van der Waals surface area contributed by atoms with Crippen LogP contribution in [0.4, 0.5) is 0 Å². The summed E-state index contributed by atoms with van der Waals surface area (Å²) in [4.78, 5) is 11.1. The Bertz CT molecular complexity index is 308. The summed E-state index contributed by atoms with van der Waals surface area (Å²) in [5.74, 6) is -0.874. The van der Waals surface area contributed by atoms with Crippen molar-refractivity contribution < 1.29 is 28.2 Å². The molecule has 0 aliphatic rings. The van der Waals surface area contributed by atoms with Gasteiger partial charge in [0, 0.05) is 13.1 Å². The molecule has 0 radical (unpaired) electrons. The van der Waals surface area contributed by atoms with Crippen LogP contribution in [-0.4, -0.2) is 67.6 Å². The number of sulfonamides is 1. The zero-order valence-electron chi connectivity index (χ0n) is 9.29. The molecule has 0 bridgehead atoms. The Balaban J connectivity index is 4.90. The minimum absolute atomic E-state index is 0.162. The fourth-order valence-corrected chi connectivity index (χ4v) is 2.56. The number of aliphatic hydroxyl groups is 2. The van der Waals surface area contributed by atoms with Crippen LogP contribution in [0.1, 0.15) is 6.92 Å². The molecular weight excluding hydrogens is 238 g/mol. The topological polar surface area (TPSA) is 104 Å². The third-order valence-corrected chi connectivity index (χ3v) is 4.21. The average molecular weight is 255 g/mol. The molecular formula is C8H17NO6S. The molecule has 8 heteroatoms. The van der Waals surface area contributed by atoms with E-state index in [0.29, 0.717) is 0 Å². The van der Waals surface area contributed by atoms with Gasteiger partial charge in [-0.3, -0.25) is 4.79 Å². The molecule has 2 N–H and O–H groups in total. The van der Waals surface area contributed by atoms with Gasteiger partial charge >= 0.3 is 5.97 Å². The van der Waals surface area contributed by atoms with Gasteiger partial charge in [0.2, 0.25) is 10.0 Å². The van der Waals surface area contributed by atoms with Crippen molar-refractivity contribution in [2.45, 2.75) is 12.2 Å². The van der Waals surface area contributed by atoms with Gasteiger partial charge in [-0.1, -0.05) is 0 Å². The van der Waals surface area contributed by atoms with Crippen molar-refractivity contribution >= 4 is 16.0 Å². The minimum atomic E-state index is -3.90. The lowest BCUT2D eigenvalue weighted by Gasteiger charge is -2.23. The molecule has 96 valence electrons. The largest absolute Gasteiger partial charge is 0.468 e. The zero-order valence-corrected chi connectivity index (χ0v) is 10.1. The van der Waals surface area contributed by atoms with Gasteiger partial charge in [-0.25, -0.2) is 8.42 Å². The highest BCUT2D eigenvalue weighted by Crippen LogP contribution is 2.09. The van der Waals surface area contributed by atoms with E-state index in [2.05, 4.69) is 4.74 Å². The highest BCUT2D eigenvalue weighted by molar-refractivity contribution is 7.90. The third kappa shape index (κ3) is 3.71. The SMILES string of the molecule is COC(=O)C(C)S(=O)(=O)N(CCO)CCO. The minimum Gasteiger partial charge on any atom is -0.468 e. The molecule has 0 rings (SSSR count). The van der Waals surface area contributed by atoms with Crippen molar-refractivity contribution in [2.24, 2.45) is 0 Å². The first kappa shape index (κ1) is 15.3. The highest BCUT2D eigenvalue weighted by atomic mass is 32.2. The number of esters is 1. The monoisotopic (exact) mass is 255 g/mol. The molecule has 1 atom stereocenters. The van der Waals surface area contributed by atoms with Crippen LogP contribution in [-0.2, 0) is 19.6 Å². The Hall–Kier alpha value is -0.700. The molecule has 16 heavy (non-hydrogen) atoms. The van der Waals surface area contributed by atoms with E-state index in [-0.39, 0.29) is 26.3 Å². The second-order valence-electron chi connectivity index (χ2n) is 3.06. The maximum atomic E-state index is 11.8. The summed E-state index contributed by atoms with van der Waals surface area (Å²) in [6.07, 6.45) is 0. The van der Waals surface area contributed by atoms with E-state index >= 15 is 0 Å². The Kier molecular flexibility index (Phi) is 6.49. The van der Waals surface area contributed by atoms with E-state index in [0.717, 1.165) is 11.4 Å². The van der Waals surface area contributed by atoms with Gasteiger partial charge in [-0.2, -0.15) is 4.31 Å². The Morgan fingerprint density at radius 2 is 1.75 bits per heavy atom. The molecule has 0 spiro atoms. The second-order valence-corrected chi connectivity index (χ2v) is 5.31. The van der Waals surface area contributed by atoms with Gasteiger partial charge in [-0.05, 0) is 6.92 Å². The van der Waals surface area contributed by atoms with E-state index < -0.39 is 21.2 Å². The van der Waals surface area contributed by atoms with E-state index in [9.17, 15) is 13.2 Å². The van der Waals surface area contributed by atoms with Crippen LogP contribution in [0.5, 0.6) is 0 Å². The molecule has 0 saturated heterocycles. The van der Waals surface area contributed by atoms with Crippen molar-refractivity contribution in [1.82, 2.24) is 4.31 Å². The zero-order chi connectivity index (χ0) is 12.8. The van der Waals surface area contributed by atoms with Crippen LogP contribution in [0, 0.1) is 0 Å². The fraction of sp³-hybridized carbons (Fsp3) is 0.875. The predicted molar refractivity (Wildman–Crippen MR) is 56.1 cm³/mol. The number of methoxy groups -OCH3 is 1. The quantitative estimate of drug-likeness (QED) is 0.518. The predicted octanol–water partition coefficient (Wildman–Crippen LogP) is -1.84. The summed E-state index contributed by atoms with van der Waals surface area (Å²) in [6.45, 7) is 0.109. The Morgan fingerprint density at radius 3 is 2.06 bits per heavy atom. The van der Waals surface area contributed by atoms with Crippen molar-refractivity contribution in [3.63, 3.8) is 0 Å². The summed E-state index contributed by atoms with van der Waals surface area (Å²) < 4.78 is 28.8. The molecule has 0 heterocycles. The maximum Gasteiger partial charge on any atom is 0.325 e. The first-order chi connectivity index (χ1) is 7.41. The normalized spacial score (nSPS) is 13.8. The summed E-state index contributed by atoms with van der Waals surface area (Å²) in [5.41, 5.74) is 0. The van der Waals surface area contributed by atoms with Crippen LogP contribution in [0.2, 0.25) is 0 Å². The lowest BCUT2D eigenvalue weighted by atomic mass is 10.5. The molecule has 0 amide bonds. The van der Waals surface area contributed by atoms with Gasteiger partial charge in [0.25, 0.3) is 0 Å². The average Bonchev–Trinajstić information content (AvgIpc) is 2.26. The molecule has 0 aliphatic heterocycles. The smallest absolute Gasteiger partial charge is 0.325 e. The number of carbonyl (C=O) groups is 1. The van der Waals surface area contributed by atoms with Crippen molar-refractivity contribution in [3.8, 4) is 0 Å². The van der Waals surface area contributed by atoms with Crippen LogP contribution in [0.3, 0.4) is 0 Å². The number of ether oxygens (including phenoxy) is 1. The number of hydrogen-bond donors (Lipinski definition) is 2. The molecule has 0 aromatic heterocycles. The van der Waals surface area contributed by atoms with E-state index in [1.807, 2.05) is 0 Å².